The molecule has 3 nitrogen and oxygen atoms in total. The lowest BCUT2D eigenvalue weighted by Crippen LogP contribution is -2.28. The number of rotatable bonds is 5. The van der Waals surface area contributed by atoms with Crippen LogP contribution >= 0.6 is 0 Å². The Morgan fingerprint density at radius 1 is 1.33 bits per heavy atom. The fourth-order valence-corrected chi connectivity index (χ4v) is 2.37. The van der Waals surface area contributed by atoms with E-state index in [0.717, 1.165) is 18.2 Å². The summed E-state index contributed by atoms with van der Waals surface area (Å²) in [5.74, 6) is 0.683. The van der Waals surface area contributed by atoms with E-state index in [4.69, 9.17) is 10.5 Å². The summed E-state index contributed by atoms with van der Waals surface area (Å²) in [5, 5.41) is 0. The molecule has 0 unspecified atom stereocenters. The van der Waals surface area contributed by atoms with Crippen molar-refractivity contribution in [3.8, 4) is 5.75 Å². The molecule has 1 aromatic carbocycles. The van der Waals surface area contributed by atoms with Crippen molar-refractivity contribution in [2.75, 3.05) is 24.3 Å². The Bertz CT molecular complexity index is 455. The molecule has 0 aliphatic heterocycles. The number of nitrogens with zero attached hydrogens (tertiary/aromatic N) is 1. The molecule has 0 aromatic heterocycles. The Morgan fingerprint density at radius 2 is 2.06 bits per heavy atom. The molecule has 0 radical (unpaired) electrons. The maximum Gasteiger partial charge on any atom is 0.167 e. The van der Waals surface area contributed by atoms with Gasteiger partial charge in [0, 0.05) is 24.7 Å². The SMILES string of the molecule is COc1cc(N(CC2CC2)C2CC2)c(N)cc1F. The zero-order valence-electron chi connectivity index (χ0n) is 10.7. The average molecular weight is 250 g/mol. The fraction of sp³-hybridized carbons (Fsp3) is 0.571. The van der Waals surface area contributed by atoms with Crippen molar-refractivity contribution in [2.24, 2.45) is 5.92 Å². The Labute approximate surface area is 107 Å². The summed E-state index contributed by atoms with van der Waals surface area (Å²) in [4.78, 5) is 2.34. The molecule has 2 aliphatic carbocycles. The average Bonchev–Trinajstić information content (AvgIpc) is 3.20. The number of anilines is 2. The highest BCUT2D eigenvalue weighted by atomic mass is 19.1. The molecule has 0 spiro atoms. The van der Waals surface area contributed by atoms with Crippen LogP contribution in [0.5, 0.6) is 5.75 Å². The van der Waals surface area contributed by atoms with Crippen LogP contribution in [0.4, 0.5) is 15.8 Å². The Balaban J connectivity index is 1.91. The van der Waals surface area contributed by atoms with Gasteiger partial charge in [0.25, 0.3) is 0 Å². The standard InChI is InChI=1S/C14H19FN2O/c1-18-14-7-13(12(16)6-11(14)15)17(10-4-5-10)8-9-2-3-9/h6-7,9-10H,2-5,8,16H2,1H3. The quantitative estimate of drug-likeness (QED) is 0.817. The van der Waals surface area contributed by atoms with Crippen LogP contribution < -0.4 is 15.4 Å². The highest BCUT2D eigenvalue weighted by Crippen LogP contribution is 2.41. The van der Waals surface area contributed by atoms with Crippen molar-refractivity contribution < 1.29 is 9.13 Å². The first-order valence-electron chi connectivity index (χ1n) is 6.58. The van der Waals surface area contributed by atoms with Gasteiger partial charge in [-0.15, -0.1) is 0 Å². The van der Waals surface area contributed by atoms with Crippen molar-refractivity contribution in [3.05, 3.63) is 17.9 Å². The van der Waals surface area contributed by atoms with Gasteiger partial charge < -0.3 is 15.4 Å². The van der Waals surface area contributed by atoms with Gasteiger partial charge in [-0.25, -0.2) is 4.39 Å². The molecule has 0 atom stereocenters. The number of halogens is 1. The molecule has 4 heteroatoms. The second kappa shape index (κ2) is 4.34. The van der Waals surface area contributed by atoms with E-state index in [1.165, 1.54) is 38.9 Å². The number of hydrogen-bond donors (Lipinski definition) is 1. The minimum absolute atomic E-state index is 0.278. The third-order valence-electron chi connectivity index (χ3n) is 3.75. The number of nitrogen functional groups attached to an aromatic ring is 1. The van der Waals surface area contributed by atoms with E-state index >= 15 is 0 Å². The molecular formula is C14H19FN2O. The highest BCUT2D eigenvalue weighted by molar-refractivity contribution is 5.71. The zero-order chi connectivity index (χ0) is 12.7. The maximum atomic E-state index is 13.6. The summed E-state index contributed by atoms with van der Waals surface area (Å²) in [5.41, 5.74) is 7.42. The molecule has 0 heterocycles. The molecular weight excluding hydrogens is 231 g/mol. The largest absolute Gasteiger partial charge is 0.494 e. The third kappa shape index (κ3) is 2.24. The van der Waals surface area contributed by atoms with Gasteiger partial charge in [0.1, 0.15) is 0 Å². The number of nitrogens with two attached hydrogens (primary N) is 1. The Kier molecular flexibility index (Phi) is 2.80. The first-order valence-corrected chi connectivity index (χ1v) is 6.58. The first kappa shape index (κ1) is 11.6. The Hall–Kier alpha value is -1.45. The lowest BCUT2D eigenvalue weighted by Gasteiger charge is -2.26. The van der Waals surface area contributed by atoms with Crippen LogP contribution in [0.25, 0.3) is 0 Å². The van der Waals surface area contributed by atoms with Crippen molar-refractivity contribution in [1.82, 2.24) is 0 Å². The van der Waals surface area contributed by atoms with Gasteiger partial charge in [-0.3, -0.25) is 0 Å². The van der Waals surface area contributed by atoms with E-state index in [1.54, 1.807) is 6.07 Å². The van der Waals surface area contributed by atoms with Crippen LogP contribution in [0, 0.1) is 11.7 Å². The van der Waals surface area contributed by atoms with Crippen LogP contribution in [-0.4, -0.2) is 19.7 Å². The van der Waals surface area contributed by atoms with E-state index in [-0.39, 0.29) is 11.6 Å². The van der Waals surface area contributed by atoms with Crippen LogP contribution in [0.3, 0.4) is 0 Å². The van der Waals surface area contributed by atoms with Gasteiger partial charge in [-0.2, -0.15) is 0 Å². The lowest BCUT2D eigenvalue weighted by molar-refractivity contribution is 0.386. The second-order valence-corrected chi connectivity index (χ2v) is 5.37. The van der Waals surface area contributed by atoms with Gasteiger partial charge in [0.15, 0.2) is 11.6 Å². The highest BCUT2D eigenvalue weighted by Gasteiger charge is 2.35. The van der Waals surface area contributed by atoms with Crippen molar-refractivity contribution >= 4 is 11.4 Å². The van der Waals surface area contributed by atoms with Crippen LogP contribution in [0.1, 0.15) is 25.7 Å². The predicted octanol–water partition coefficient (Wildman–Crippen LogP) is 2.80. The van der Waals surface area contributed by atoms with Crippen LogP contribution in [-0.2, 0) is 0 Å². The fourth-order valence-electron chi connectivity index (χ4n) is 2.37. The first-order chi connectivity index (χ1) is 8.69. The molecule has 3 rings (SSSR count). The summed E-state index contributed by atoms with van der Waals surface area (Å²) in [6.07, 6.45) is 5.04. The van der Waals surface area contributed by atoms with E-state index in [9.17, 15) is 4.39 Å². The minimum atomic E-state index is -0.388. The summed E-state index contributed by atoms with van der Waals surface area (Å²) >= 11 is 0. The van der Waals surface area contributed by atoms with E-state index in [2.05, 4.69) is 4.90 Å². The number of hydrogen-bond acceptors (Lipinski definition) is 3. The Morgan fingerprint density at radius 3 is 2.61 bits per heavy atom. The molecule has 18 heavy (non-hydrogen) atoms. The summed E-state index contributed by atoms with van der Waals surface area (Å²) in [7, 11) is 1.49. The van der Waals surface area contributed by atoms with Crippen LogP contribution in [0.2, 0.25) is 0 Å². The summed E-state index contributed by atoms with van der Waals surface area (Å²) in [6, 6.07) is 3.70. The summed E-state index contributed by atoms with van der Waals surface area (Å²) in [6.45, 7) is 1.05. The molecule has 2 N–H and O–H groups in total. The topological polar surface area (TPSA) is 38.5 Å². The molecule has 2 saturated carbocycles. The number of ether oxygens (including phenoxy) is 1. The molecule has 1 aromatic rings. The van der Waals surface area contributed by atoms with Crippen LogP contribution in [0.15, 0.2) is 12.1 Å². The van der Waals surface area contributed by atoms with Gasteiger partial charge in [0.05, 0.1) is 18.5 Å². The molecule has 0 amide bonds. The van der Waals surface area contributed by atoms with Gasteiger partial charge in [-0.05, 0) is 31.6 Å². The molecule has 2 fully saturated rings. The van der Waals surface area contributed by atoms with Gasteiger partial charge in [-0.1, -0.05) is 0 Å². The maximum absolute atomic E-state index is 13.6. The monoisotopic (exact) mass is 250 g/mol. The van der Waals surface area contributed by atoms with Crippen molar-refractivity contribution in [1.29, 1.82) is 0 Å². The van der Waals surface area contributed by atoms with Crippen molar-refractivity contribution in [2.45, 2.75) is 31.7 Å². The molecule has 98 valence electrons. The van der Waals surface area contributed by atoms with E-state index in [0.29, 0.717) is 11.7 Å². The smallest absolute Gasteiger partial charge is 0.167 e. The molecule has 0 saturated heterocycles. The number of methoxy groups -OCH3 is 1. The molecule has 0 bridgehead atoms. The van der Waals surface area contributed by atoms with Crippen molar-refractivity contribution in [3.63, 3.8) is 0 Å². The summed E-state index contributed by atoms with van der Waals surface area (Å²) < 4.78 is 18.6. The normalized spacial score (nSPS) is 18.8. The number of benzene rings is 1. The predicted molar refractivity (Wildman–Crippen MR) is 70.5 cm³/mol. The molecule has 2 aliphatic rings. The third-order valence-corrected chi connectivity index (χ3v) is 3.75. The minimum Gasteiger partial charge on any atom is -0.494 e. The van der Waals surface area contributed by atoms with E-state index < -0.39 is 0 Å². The van der Waals surface area contributed by atoms with E-state index in [1.807, 2.05) is 0 Å². The second-order valence-electron chi connectivity index (χ2n) is 5.37. The van der Waals surface area contributed by atoms with Gasteiger partial charge >= 0.3 is 0 Å². The lowest BCUT2D eigenvalue weighted by atomic mass is 10.2. The zero-order valence-corrected chi connectivity index (χ0v) is 10.7. The van der Waals surface area contributed by atoms with Gasteiger partial charge in [0.2, 0.25) is 0 Å².